The van der Waals surface area contributed by atoms with Crippen molar-refractivity contribution in [3.8, 4) is 11.4 Å². The minimum atomic E-state index is -4.28. The first-order valence-electron chi connectivity index (χ1n) is 4.61. The molecule has 8 nitrogen and oxygen atoms in total. The molecule has 0 N–H and O–H groups in total. The van der Waals surface area contributed by atoms with Crippen LogP contribution in [0.5, 0.6) is 0 Å². The number of hydrogen-bond donors (Lipinski definition) is 0. The average Bonchev–Trinajstić information content (AvgIpc) is 2.63. The van der Waals surface area contributed by atoms with Crippen LogP contribution in [-0.4, -0.2) is 33.2 Å². The van der Waals surface area contributed by atoms with Gasteiger partial charge in [-0.2, -0.15) is 4.57 Å². The molecule has 0 bridgehead atoms. The lowest BCUT2D eigenvalue weighted by molar-refractivity contribution is -0.678. The summed E-state index contributed by atoms with van der Waals surface area (Å²) in [6.07, 6.45) is 2.97. The van der Waals surface area contributed by atoms with Crippen molar-refractivity contribution in [3.63, 3.8) is 0 Å². The fraction of sp³-hybridized carbons (Fsp3) is 0.250. The summed E-state index contributed by atoms with van der Waals surface area (Å²) in [6.45, 7) is 0. The van der Waals surface area contributed by atoms with E-state index in [4.69, 9.17) is 0 Å². The Morgan fingerprint density at radius 2 is 2.06 bits per heavy atom. The SMILES string of the molecule is Cn1nnnc1-c1cc[n+](CS(=O)(=O)[O-])cc1. The summed E-state index contributed by atoms with van der Waals surface area (Å²) in [7, 11) is -2.59. The third-order valence-corrected chi connectivity index (χ3v) is 2.69. The van der Waals surface area contributed by atoms with Crippen molar-refractivity contribution in [3.05, 3.63) is 24.5 Å². The average molecular weight is 255 g/mol. The van der Waals surface area contributed by atoms with Gasteiger partial charge in [0.25, 0.3) is 0 Å². The molecule has 2 aromatic rings. The van der Waals surface area contributed by atoms with E-state index in [1.54, 1.807) is 19.2 Å². The molecule has 2 heterocycles. The van der Waals surface area contributed by atoms with Crippen molar-refractivity contribution in [1.82, 2.24) is 20.2 Å². The molecule has 0 radical (unpaired) electrons. The van der Waals surface area contributed by atoms with E-state index in [9.17, 15) is 13.0 Å². The van der Waals surface area contributed by atoms with Gasteiger partial charge < -0.3 is 4.55 Å². The fourth-order valence-corrected chi connectivity index (χ4v) is 1.89. The molecule has 0 amide bonds. The number of pyridine rings is 1. The monoisotopic (exact) mass is 255 g/mol. The molecule has 90 valence electrons. The van der Waals surface area contributed by atoms with Crippen LogP contribution < -0.4 is 4.57 Å². The first-order valence-corrected chi connectivity index (χ1v) is 6.19. The summed E-state index contributed by atoms with van der Waals surface area (Å²) in [5.74, 6) is -0.0354. The van der Waals surface area contributed by atoms with Gasteiger partial charge in [0.15, 0.2) is 28.3 Å². The number of hydrogen-bond acceptors (Lipinski definition) is 6. The van der Waals surface area contributed by atoms with E-state index in [2.05, 4.69) is 15.5 Å². The zero-order chi connectivity index (χ0) is 12.5. The first-order chi connectivity index (χ1) is 7.96. The summed E-state index contributed by atoms with van der Waals surface area (Å²) >= 11 is 0. The van der Waals surface area contributed by atoms with Gasteiger partial charge in [0.05, 0.1) is 0 Å². The van der Waals surface area contributed by atoms with E-state index in [1.807, 2.05) is 0 Å². The molecule has 0 aliphatic rings. The van der Waals surface area contributed by atoms with Crippen molar-refractivity contribution >= 4 is 10.1 Å². The maximum Gasteiger partial charge on any atom is 0.236 e. The lowest BCUT2D eigenvalue weighted by Crippen LogP contribution is -2.36. The van der Waals surface area contributed by atoms with E-state index >= 15 is 0 Å². The fourth-order valence-electron chi connectivity index (χ4n) is 1.35. The van der Waals surface area contributed by atoms with Crippen LogP contribution in [0.3, 0.4) is 0 Å². The quantitative estimate of drug-likeness (QED) is 0.497. The van der Waals surface area contributed by atoms with Crippen LogP contribution in [0.15, 0.2) is 24.5 Å². The summed E-state index contributed by atoms with van der Waals surface area (Å²) in [5, 5.41) is 11.0. The summed E-state index contributed by atoms with van der Waals surface area (Å²) in [5.41, 5.74) is 0.733. The predicted molar refractivity (Wildman–Crippen MR) is 54.1 cm³/mol. The Balaban J connectivity index is 2.28. The van der Waals surface area contributed by atoms with Gasteiger partial charge >= 0.3 is 0 Å². The van der Waals surface area contributed by atoms with Crippen LogP contribution in [0.25, 0.3) is 11.4 Å². The second-order valence-electron chi connectivity index (χ2n) is 3.41. The van der Waals surface area contributed by atoms with Crippen molar-refractivity contribution in [2.24, 2.45) is 7.05 Å². The zero-order valence-electron chi connectivity index (χ0n) is 8.89. The van der Waals surface area contributed by atoms with Crippen LogP contribution >= 0.6 is 0 Å². The second-order valence-corrected chi connectivity index (χ2v) is 4.79. The Labute approximate surface area is 97.3 Å². The van der Waals surface area contributed by atoms with Crippen LogP contribution in [0.2, 0.25) is 0 Å². The molecule has 17 heavy (non-hydrogen) atoms. The van der Waals surface area contributed by atoms with Gasteiger partial charge in [-0.3, -0.25) is 0 Å². The van der Waals surface area contributed by atoms with Gasteiger partial charge in [-0.05, 0) is 10.4 Å². The van der Waals surface area contributed by atoms with Gasteiger partial charge in [0.2, 0.25) is 5.88 Å². The second kappa shape index (κ2) is 4.18. The maximum absolute atomic E-state index is 10.6. The van der Waals surface area contributed by atoms with Gasteiger partial charge in [0.1, 0.15) is 0 Å². The van der Waals surface area contributed by atoms with Crippen LogP contribution in [0.4, 0.5) is 0 Å². The largest absolute Gasteiger partial charge is 0.743 e. The van der Waals surface area contributed by atoms with E-state index in [1.165, 1.54) is 21.6 Å². The standard InChI is InChI=1S/C8H9N5O3S/c1-12-8(9-10-11-12)7-2-4-13(5-3-7)6-17(14,15)16/h2-5H,6H2,1H3. The summed E-state index contributed by atoms with van der Waals surface area (Å²) in [4.78, 5) is 0. The van der Waals surface area contributed by atoms with E-state index in [-0.39, 0.29) is 0 Å². The Bertz CT molecular complexity index is 619. The van der Waals surface area contributed by atoms with Crippen molar-refractivity contribution in [2.75, 3.05) is 0 Å². The van der Waals surface area contributed by atoms with E-state index in [0.717, 1.165) is 5.56 Å². The zero-order valence-corrected chi connectivity index (χ0v) is 9.70. The number of aryl methyl sites for hydroxylation is 1. The summed E-state index contributed by atoms with van der Waals surface area (Å²) < 4.78 is 34.4. The third-order valence-electron chi connectivity index (χ3n) is 2.08. The highest BCUT2D eigenvalue weighted by atomic mass is 32.2. The lowest BCUT2D eigenvalue weighted by atomic mass is 10.2. The highest BCUT2D eigenvalue weighted by Crippen LogP contribution is 2.11. The minimum Gasteiger partial charge on any atom is -0.743 e. The normalized spacial score (nSPS) is 11.6. The summed E-state index contributed by atoms with van der Waals surface area (Å²) in [6, 6.07) is 3.27. The molecule has 0 saturated carbocycles. The molecule has 0 unspecified atom stereocenters. The smallest absolute Gasteiger partial charge is 0.236 e. The molecule has 0 spiro atoms. The number of nitrogens with zero attached hydrogens (tertiary/aromatic N) is 5. The van der Waals surface area contributed by atoms with Gasteiger partial charge in [-0.15, -0.1) is 5.10 Å². The molecule has 2 rings (SSSR count). The van der Waals surface area contributed by atoms with E-state index < -0.39 is 16.0 Å². The highest BCUT2D eigenvalue weighted by Gasteiger charge is 2.09. The van der Waals surface area contributed by atoms with Crippen LogP contribution in [0.1, 0.15) is 0 Å². The Morgan fingerprint density at radius 3 is 2.53 bits per heavy atom. The molecule has 0 aliphatic carbocycles. The predicted octanol–water partition coefficient (Wildman–Crippen LogP) is -1.33. The highest BCUT2D eigenvalue weighted by molar-refractivity contribution is 7.84. The van der Waals surface area contributed by atoms with Crippen molar-refractivity contribution in [1.29, 1.82) is 0 Å². The number of aromatic nitrogens is 5. The van der Waals surface area contributed by atoms with E-state index in [0.29, 0.717) is 5.82 Å². The Kier molecular flexibility index (Phi) is 2.86. The van der Waals surface area contributed by atoms with Gasteiger partial charge in [-0.25, -0.2) is 13.1 Å². The Morgan fingerprint density at radius 1 is 1.41 bits per heavy atom. The molecular formula is C8H9N5O3S. The third kappa shape index (κ3) is 2.82. The Hall–Kier alpha value is -1.87. The first kappa shape index (κ1) is 11.6. The number of tetrazole rings is 1. The molecule has 0 saturated heterocycles. The molecule has 0 atom stereocenters. The van der Waals surface area contributed by atoms with Crippen molar-refractivity contribution < 1.29 is 17.5 Å². The molecule has 2 aromatic heterocycles. The molecule has 9 heteroatoms. The molecule has 0 aromatic carbocycles. The maximum atomic E-state index is 10.6. The van der Waals surface area contributed by atoms with Crippen LogP contribution in [-0.2, 0) is 23.0 Å². The topological polar surface area (TPSA) is 105 Å². The lowest BCUT2D eigenvalue weighted by Gasteiger charge is -2.02. The van der Waals surface area contributed by atoms with Gasteiger partial charge in [0, 0.05) is 24.7 Å². The van der Waals surface area contributed by atoms with Crippen LogP contribution in [0, 0.1) is 0 Å². The van der Waals surface area contributed by atoms with Crippen molar-refractivity contribution in [2.45, 2.75) is 5.88 Å². The van der Waals surface area contributed by atoms with Gasteiger partial charge in [-0.1, -0.05) is 0 Å². The molecule has 0 fully saturated rings. The molecular weight excluding hydrogens is 246 g/mol. The molecule has 0 aliphatic heterocycles. The minimum absolute atomic E-state index is 0.558. The number of rotatable bonds is 3.